The molecule has 0 atom stereocenters. The van der Waals surface area contributed by atoms with Gasteiger partial charge in [-0.05, 0) is 19.1 Å². The summed E-state index contributed by atoms with van der Waals surface area (Å²) < 4.78 is 0. The number of aryl methyl sites for hydroxylation is 1. The second-order valence-electron chi connectivity index (χ2n) is 2.96. The van der Waals surface area contributed by atoms with Crippen molar-refractivity contribution < 1.29 is 9.90 Å². The second-order valence-corrected chi connectivity index (χ2v) is 2.96. The molecule has 0 saturated carbocycles. The van der Waals surface area contributed by atoms with Crippen LogP contribution in [0.4, 0.5) is 0 Å². The highest BCUT2D eigenvalue weighted by atomic mass is 16.4. The van der Waals surface area contributed by atoms with Gasteiger partial charge in [-0.15, -0.1) is 0 Å². The Morgan fingerprint density at radius 3 is 2.80 bits per heavy atom. The number of nitrogens with one attached hydrogen (secondary N) is 1. The van der Waals surface area contributed by atoms with Crippen LogP contribution in [-0.2, 0) is 0 Å². The van der Waals surface area contributed by atoms with E-state index in [9.17, 15) is 4.79 Å². The van der Waals surface area contributed by atoms with Crippen molar-refractivity contribution in [3.05, 3.63) is 29.7 Å². The lowest BCUT2D eigenvalue weighted by molar-refractivity contribution is 0.0690. The molecule has 0 aliphatic carbocycles. The summed E-state index contributed by atoms with van der Waals surface area (Å²) in [4.78, 5) is 18.6. The summed E-state index contributed by atoms with van der Waals surface area (Å²) in [5.41, 5.74) is 0.425. The van der Waals surface area contributed by atoms with Crippen molar-refractivity contribution in [1.29, 1.82) is 0 Å². The smallest absolute Gasteiger partial charge is 0.354 e. The van der Waals surface area contributed by atoms with Gasteiger partial charge in [-0.1, -0.05) is 6.07 Å². The van der Waals surface area contributed by atoms with E-state index in [4.69, 9.17) is 5.11 Å². The van der Waals surface area contributed by atoms with Gasteiger partial charge in [0.25, 0.3) is 0 Å². The summed E-state index contributed by atoms with van der Waals surface area (Å²) in [6.45, 7) is 1.76. The van der Waals surface area contributed by atoms with Crippen LogP contribution in [0, 0.1) is 6.92 Å². The molecule has 76 valence electrons. The minimum absolute atomic E-state index is 0.0186. The minimum atomic E-state index is -1.07. The van der Waals surface area contributed by atoms with Gasteiger partial charge in [0.2, 0.25) is 0 Å². The number of hydrogen-bond acceptors (Lipinski definition) is 4. The number of aromatic carboxylic acids is 1. The molecule has 2 aromatic heterocycles. The molecule has 2 rings (SSSR count). The molecular weight excluding hydrogens is 196 g/mol. The van der Waals surface area contributed by atoms with Crippen LogP contribution in [0.5, 0.6) is 0 Å². The lowest BCUT2D eigenvalue weighted by Crippen LogP contribution is -2.00. The summed E-state index contributed by atoms with van der Waals surface area (Å²) in [5, 5.41) is 15.3. The minimum Gasteiger partial charge on any atom is -0.477 e. The molecule has 0 unspecified atom stereocenters. The molecule has 0 aromatic carbocycles. The number of H-pyrrole nitrogens is 1. The van der Waals surface area contributed by atoms with Crippen molar-refractivity contribution in [2.45, 2.75) is 6.92 Å². The molecule has 6 heteroatoms. The van der Waals surface area contributed by atoms with E-state index < -0.39 is 5.97 Å². The Kier molecular flexibility index (Phi) is 2.17. The maximum Gasteiger partial charge on any atom is 0.354 e. The average Bonchev–Trinajstić information content (AvgIpc) is 2.65. The van der Waals surface area contributed by atoms with Crippen LogP contribution in [0.1, 0.15) is 16.3 Å². The highest BCUT2D eigenvalue weighted by molar-refractivity contribution is 5.85. The molecule has 2 aromatic rings. The first-order chi connectivity index (χ1) is 7.16. The predicted octanol–water partition coefficient (Wildman–Crippen LogP) is 0.873. The molecule has 6 nitrogen and oxygen atoms in total. The standard InChI is InChI=1S/C9H8N4O2/c1-5-10-8(13-12-5)6-3-2-4-7(11-6)9(14)15/h2-4H,1H3,(H,14,15)(H,10,12,13). The fourth-order valence-electron chi connectivity index (χ4n) is 1.14. The van der Waals surface area contributed by atoms with Crippen LogP contribution < -0.4 is 0 Å². The number of carboxylic acids is 1. The third kappa shape index (κ3) is 1.83. The van der Waals surface area contributed by atoms with Gasteiger partial charge < -0.3 is 5.11 Å². The molecule has 15 heavy (non-hydrogen) atoms. The quantitative estimate of drug-likeness (QED) is 0.757. The van der Waals surface area contributed by atoms with Gasteiger partial charge in [-0.3, -0.25) is 5.10 Å². The van der Waals surface area contributed by atoms with Crippen molar-refractivity contribution in [2.75, 3.05) is 0 Å². The zero-order valence-electron chi connectivity index (χ0n) is 7.93. The Morgan fingerprint density at radius 2 is 2.20 bits per heavy atom. The zero-order valence-corrected chi connectivity index (χ0v) is 7.93. The maximum absolute atomic E-state index is 10.7. The van der Waals surface area contributed by atoms with Gasteiger partial charge in [0, 0.05) is 0 Å². The fourth-order valence-corrected chi connectivity index (χ4v) is 1.14. The van der Waals surface area contributed by atoms with Gasteiger partial charge in [0.1, 0.15) is 17.2 Å². The lowest BCUT2D eigenvalue weighted by atomic mass is 10.3. The Hall–Kier alpha value is -2.24. The number of rotatable bonds is 2. The molecule has 0 aliphatic rings. The number of carboxylic acid groups (broad SMARTS) is 1. The average molecular weight is 204 g/mol. The highest BCUT2D eigenvalue weighted by Crippen LogP contribution is 2.11. The normalized spacial score (nSPS) is 10.2. The summed E-state index contributed by atoms with van der Waals surface area (Å²) >= 11 is 0. The highest BCUT2D eigenvalue weighted by Gasteiger charge is 2.09. The van der Waals surface area contributed by atoms with Crippen molar-refractivity contribution in [1.82, 2.24) is 20.2 Å². The number of aromatic nitrogens is 4. The monoisotopic (exact) mass is 204 g/mol. The molecule has 0 spiro atoms. The van der Waals surface area contributed by atoms with Gasteiger partial charge >= 0.3 is 5.97 Å². The van der Waals surface area contributed by atoms with Crippen molar-refractivity contribution in [3.63, 3.8) is 0 Å². The molecule has 0 aliphatic heterocycles. The van der Waals surface area contributed by atoms with E-state index in [2.05, 4.69) is 20.2 Å². The van der Waals surface area contributed by atoms with E-state index in [1.807, 2.05) is 0 Å². The fraction of sp³-hybridized carbons (Fsp3) is 0.111. The van der Waals surface area contributed by atoms with Crippen molar-refractivity contribution in [2.24, 2.45) is 0 Å². The molecule has 0 bridgehead atoms. The van der Waals surface area contributed by atoms with E-state index >= 15 is 0 Å². The molecular formula is C9H8N4O2. The second kappa shape index (κ2) is 3.49. The number of aromatic amines is 1. The summed E-state index contributed by atoms with van der Waals surface area (Å²) in [5.74, 6) is -0.00719. The SMILES string of the molecule is Cc1nc(-c2cccc(C(=O)O)n2)n[nH]1. The molecule has 0 fully saturated rings. The van der Waals surface area contributed by atoms with E-state index in [1.54, 1.807) is 19.1 Å². The van der Waals surface area contributed by atoms with Crippen LogP contribution in [0.25, 0.3) is 11.5 Å². The van der Waals surface area contributed by atoms with E-state index in [1.165, 1.54) is 6.07 Å². The molecule has 0 saturated heterocycles. The Morgan fingerprint density at radius 1 is 1.40 bits per heavy atom. The molecule has 2 N–H and O–H groups in total. The summed E-state index contributed by atoms with van der Waals surface area (Å²) in [6, 6.07) is 4.69. The van der Waals surface area contributed by atoms with Crippen molar-refractivity contribution >= 4 is 5.97 Å². The predicted molar refractivity (Wildman–Crippen MR) is 51.3 cm³/mol. The number of hydrogen-bond donors (Lipinski definition) is 2. The number of pyridine rings is 1. The Balaban J connectivity index is 2.45. The van der Waals surface area contributed by atoms with Gasteiger partial charge in [0.15, 0.2) is 5.82 Å². The first-order valence-electron chi connectivity index (χ1n) is 4.26. The first kappa shape index (κ1) is 9.32. The Bertz CT molecular complexity index is 506. The van der Waals surface area contributed by atoms with Gasteiger partial charge in [0.05, 0.1) is 0 Å². The van der Waals surface area contributed by atoms with Crippen LogP contribution in [0.3, 0.4) is 0 Å². The van der Waals surface area contributed by atoms with E-state index in [0.29, 0.717) is 17.3 Å². The molecule has 2 heterocycles. The zero-order chi connectivity index (χ0) is 10.8. The third-order valence-corrected chi connectivity index (χ3v) is 1.79. The van der Waals surface area contributed by atoms with Crippen LogP contribution in [-0.4, -0.2) is 31.2 Å². The Labute approximate surface area is 85.0 Å². The van der Waals surface area contributed by atoms with E-state index in [0.717, 1.165) is 0 Å². The maximum atomic E-state index is 10.7. The summed E-state index contributed by atoms with van der Waals surface area (Å²) in [7, 11) is 0. The topological polar surface area (TPSA) is 91.8 Å². The molecule has 0 amide bonds. The summed E-state index contributed by atoms with van der Waals surface area (Å²) in [6.07, 6.45) is 0. The van der Waals surface area contributed by atoms with Crippen LogP contribution in [0.15, 0.2) is 18.2 Å². The number of carbonyl (C=O) groups is 1. The van der Waals surface area contributed by atoms with Crippen molar-refractivity contribution in [3.8, 4) is 11.5 Å². The van der Waals surface area contributed by atoms with Gasteiger partial charge in [-0.25, -0.2) is 14.8 Å². The van der Waals surface area contributed by atoms with E-state index in [-0.39, 0.29) is 5.69 Å². The van der Waals surface area contributed by atoms with Crippen LogP contribution in [0.2, 0.25) is 0 Å². The first-order valence-corrected chi connectivity index (χ1v) is 4.26. The van der Waals surface area contributed by atoms with Gasteiger partial charge in [-0.2, -0.15) is 5.10 Å². The largest absolute Gasteiger partial charge is 0.477 e. The number of nitrogens with zero attached hydrogens (tertiary/aromatic N) is 3. The third-order valence-electron chi connectivity index (χ3n) is 1.79. The molecule has 0 radical (unpaired) electrons. The van der Waals surface area contributed by atoms with Crippen LogP contribution >= 0.6 is 0 Å². The lowest BCUT2D eigenvalue weighted by Gasteiger charge is -1.96.